The van der Waals surface area contributed by atoms with E-state index in [0.717, 1.165) is 22.6 Å². The highest BCUT2D eigenvalue weighted by Crippen LogP contribution is 2.37. The number of hydrogen-bond donors (Lipinski definition) is 2. The van der Waals surface area contributed by atoms with Gasteiger partial charge >= 0.3 is 0 Å². The number of anilines is 1. The van der Waals surface area contributed by atoms with Gasteiger partial charge in [-0.15, -0.1) is 0 Å². The fraction of sp³-hybridized carbons (Fsp3) is 0.0526. The van der Waals surface area contributed by atoms with E-state index in [1.54, 1.807) is 24.3 Å². The summed E-state index contributed by atoms with van der Waals surface area (Å²) in [6, 6.07) is 12.7. The van der Waals surface area contributed by atoms with Crippen molar-refractivity contribution < 1.29 is 22.6 Å². The van der Waals surface area contributed by atoms with E-state index in [2.05, 4.69) is 12.6 Å². The number of nitrogens with zero attached hydrogens (tertiary/aromatic N) is 1. The molecule has 1 heterocycles. The fourth-order valence-corrected chi connectivity index (χ4v) is 4.15. The first-order valence-corrected chi connectivity index (χ1v) is 10.1. The molecule has 4 rings (SSSR count). The first-order chi connectivity index (χ1) is 13.2. The SMILES string of the molecule is Nc1c([SH2+])cc2c3c(cc(S(=O)(=O)O)cc13)C(=O)N(Cc1ccccc1)C2=O. The third kappa shape index (κ3) is 2.84. The number of carbonyl (C=O) groups excluding carboxylic acids is 2. The maximum Gasteiger partial charge on any atom is 0.294 e. The smallest absolute Gasteiger partial charge is 0.294 e. The van der Waals surface area contributed by atoms with Crippen molar-refractivity contribution in [3.63, 3.8) is 0 Å². The number of imide groups is 1. The normalized spacial score (nSPS) is 14.0. The quantitative estimate of drug-likeness (QED) is 0.292. The van der Waals surface area contributed by atoms with E-state index in [-0.39, 0.29) is 34.1 Å². The summed E-state index contributed by atoms with van der Waals surface area (Å²) >= 11 is 3.33. The van der Waals surface area contributed by atoms with Gasteiger partial charge in [-0.05, 0) is 30.3 Å². The van der Waals surface area contributed by atoms with Crippen molar-refractivity contribution in [2.45, 2.75) is 16.3 Å². The van der Waals surface area contributed by atoms with Crippen molar-refractivity contribution in [1.29, 1.82) is 0 Å². The number of amides is 2. The van der Waals surface area contributed by atoms with Crippen LogP contribution >= 0.6 is 0 Å². The number of nitrogens with two attached hydrogens (primary N) is 1. The molecule has 3 N–H and O–H groups in total. The van der Waals surface area contributed by atoms with Gasteiger partial charge in [0.1, 0.15) is 0 Å². The van der Waals surface area contributed by atoms with E-state index in [1.165, 1.54) is 6.07 Å². The van der Waals surface area contributed by atoms with Gasteiger partial charge in [0.15, 0.2) is 4.90 Å². The van der Waals surface area contributed by atoms with E-state index in [9.17, 15) is 22.6 Å². The second kappa shape index (κ2) is 6.33. The molecule has 0 aliphatic carbocycles. The van der Waals surface area contributed by atoms with Crippen LogP contribution in [0.25, 0.3) is 10.8 Å². The first-order valence-electron chi connectivity index (χ1n) is 8.18. The largest absolute Gasteiger partial charge is 0.394 e. The molecule has 3 aromatic carbocycles. The Morgan fingerprint density at radius 2 is 1.61 bits per heavy atom. The van der Waals surface area contributed by atoms with Crippen molar-refractivity contribution in [2.24, 2.45) is 0 Å². The lowest BCUT2D eigenvalue weighted by Crippen LogP contribution is -2.40. The van der Waals surface area contributed by atoms with Gasteiger partial charge in [-0.25, -0.2) is 0 Å². The summed E-state index contributed by atoms with van der Waals surface area (Å²) in [6.07, 6.45) is 0. The molecule has 0 fully saturated rings. The molecule has 0 atom stereocenters. The average Bonchev–Trinajstić information content (AvgIpc) is 2.66. The first kappa shape index (κ1) is 18.5. The molecule has 0 unspecified atom stereocenters. The zero-order valence-corrected chi connectivity index (χ0v) is 16.2. The maximum atomic E-state index is 13.1. The number of hydrogen-bond acceptors (Lipinski definition) is 5. The summed E-state index contributed by atoms with van der Waals surface area (Å²) in [5.74, 6) is -1.16. The van der Waals surface area contributed by atoms with Crippen LogP contribution in [0.1, 0.15) is 26.3 Å². The van der Waals surface area contributed by atoms with Crippen LogP contribution in [0.5, 0.6) is 0 Å². The van der Waals surface area contributed by atoms with Crippen molar-refractivity contribution in [3.8, 4) is 0 Å². The molecule has 28 heavy (non-hydrogen) atoms. The Morgan fingerprint density at radius 3 is 2.21 bits per heavy atom. The molecule has 0 bridgehead atoms. The molecule has 3 aromatic rings. The van der Waals surface area contributed by atoms with Crippen LogP contribution in [-0.2, 0) is 29.3 Å². The number of carbonyl (C=O) groups is 2. The molecule has 1 aliphatic heterocycles. The minimum absolute atomic E-state index is 0.00553. The molecular weight excluding hydrogens is 400 g/mol. The lowest BCUT2D eigenvalue weighted by molar-refractivity contribution is 0.0598. The molecule has 9 heteroatoms. The summed E-state index contributed by atoms with van der Waals surface area (Å²) in [5.41, 5.74) is 7.16. The minimum Gasteiger partial charge on any atom is -0.394 e. The number of rotatable bonds is 3. The van der Waals surface area contributed by atoms with Crippen LogP contribution in [0.3, 0.4) is 0 Å². The van der Waals surface area contributed by atoms with Gasteiger partial charge in [0, 0.05) is 16.8 Å². The number of nitrogen functional groups attached to an aromatic ring is 1. The van der Waals surface area contributed by atoms with E-state index < -0.39 is 26.8 Å². The van der Waals surface area contributed by atoms with Gasteiger partial charge in [0.05, 0.1) is 28.3 Å². The van der Waals surface area contributed by atoms with Gasteiger partial charge < -0.3 is 5.73 Å². The Balaban J connectivity index is 2.00. The Labute approximate surface area is 165 Å². The highest BCUT2D eigenvalue weighted by molar-refractivity contribution is 7.85. The number of benzene rings is 3. The summed E-state index contributed by atoms with van der Waals surface area (Å²) in [6.45, 7) is 0.0248. The van der Waals surface area contributed by atoms with Gasteiger partial charge in [0.25, 0.3) is 21.9 Å². The Bertz CT molecular complexity index is 1270. The molecule has 142 valence electrons. The van der Waals surface area contributed by atoms with Crippen molar-refractivity contribution in [3.05, 3.63) is 65.2 Å². The van der Waals surface area contributed by atoms with Crippen molar-refractivity contribution in [1.82, 2.24) is 4.90 Å². The van der Waals surface area contributed by atoms with Crippen LogP contribution in [0.15, 0.2) is 58.3 Å². The van der Waals surface area contributed by atoms with Crippen molar-refractivity contribution in [2.75, 3.05) is 5.73 Å². The zero-order chi connectivity index (χ0) is 20.2. The van der Waals surface area contributed by atoms with E-state index in [1.807, 2.05) is 6.07 Å². The maximum absolute atomic E-state index is 13.1. The molecule has 0 saturated carbocycles. The summed E-state index contributed by atoms with van der Waals surface area (Å²) in [4.78, 5) is 27.1. The van der Waals surface area contributed by atoms with Crippen LogP contribution in [-0.4, -0.2) is 29.7 Å². The molecule has 0 aromatic heterocycles. The highest BCUT2D eigenvalue weighted by Gasteiger charge is 2.35. The predicted molar refractivity (Wildman–Crippen MR) is 107 cm³/mol. The van der Waals surface area contributed by atoms with E-state index >= 15 is 0 Å². The van der Waals surface area contributed by atoms with Gasteiger partial charge in [-0.3, -0.25) is 19.0 Å². The van der Waals surface area contributed by atoms with Gasteiger partial charge in [0.2, 0.25) is 0 Å². The predicted octanol–water partition coefficient (Wildman–Crippen LogP) is 1.84. The zero-order valence-electron chi connectivity index (χ0n) is 14.3. The minimum atomic E-state index is -4.59. The molecule has 0 radical (unpaired) electrons. The monoisotopic (exact) mass is 415 g/mol. The third-order valence-electron chi connectivity index (χ3n) is 4.68. The second-order valence-electron chi connectivity index (χ2n) is 6.44. The van der Waals surface area contributed by atoms with E-state index in [0.29, 0.717) is 4.90 Å². The topological polar surface area (TPSA) is 118 Å². The third-order valence-corrected chi connectivity index (χ3v) is 5.93. The Hall–Kier alpha value is -2.88. The molecule has 1 aliphatic rings. The average molecular weight is 415 g/mol. The summed E-state index contributed by atoms with van der Waals surface area (Å²) in [5, 5.41) is 0.472. The molecular formula is C19H15N2O5S2+. The molecule has 7 nitrogen and oxygen atoms in total. The second-order valence-corrected chi connectivity index (χ2v) is 8.40. The van der Waals surface area contributed by atoms with E-state index in [4.69, 9.17) is 5.73 Å². The fourth-order valence-electron chi connectivity index (χ4n) is 3.34. The Kier molecular flexibility index (Phi) is 4.18. The lowest BCUT2D eigenvalue weighted by atomic mass is 9.92. The van der Waals surface area contributed by atoms with Gasteiger partial charge in [-0.1, -0.05) is 30.3 Å². The van der Waals surface area contributed by atoms with Crippen LogP contribution in [0, 0.1) is 0 Å². The van der Waals surface area contributed by atoms with Gasteiger partial charge in [-0.2, -0.15) is 8.42 Å². The lowest BCUT2D eigenvalue weighted by Gasteiger charge is -2.28. The standard InChI is InChI=1S/C19H14N2O5S2/c20-17-12-6-11(28(24,25)26)7-13-16(12)14(8-15(17)27)19(23)21(18(13)22)9-10-4-2-1-3-5-10/h1-8,27H,9,20H2,(H,24,25,26)/p+1. The van der Waals surface area contributed by atoms with Crippen LogP contribution in [0.2, 0.25) is 0 Å². The molecule has 2 amide bonds. The van der Waals surface area contributed by atoms with Crippen molar-refractivity contribution >= 4 is 51.0 Å². The summed E-state index contributed by atoms with van der Waals surface area (Å²) in [7, 11) is -4.59. The Morgan fingerprint density at radius 1 is 1.00 bits per heavy atom. The van der Waals surface area contributed by atoms with Crippen LogP contribution in [0.4, 0.5) is 5.69 Å². The summed E-state index contributed by atoms with van der Waals surface area (Å²) < 4.78 is 32.9. The van der Waals surface area contributed by atoms with Crippen LogP contribution < -0.4 is 5.73 Å². The molecule has 0 saturated heterocycles. The molecule has 0 spiro atoms. The highest BCUT2D eigenvalue weighted by atomic mass is 32.2.